The maximum Gasteiger partial charge on any atom is 0.239 e. The van der Waals surface area contributed by atoms with Crippen molar-refractivity contribution in [3.63, 3.8) is 0 Å². The van der Waals surface area contributed by atoms with Crippen LogP contribution in [-0.4, -0.2) is 30.7 Å². The minimum Gasteiger partial charge on any atom is -0.348 e. The first-order valence-corrected chi connectivity index (χ1v) is 7.17. The number of nitrogens with two attached hydrogens (primary N) is 1. The largest absolute Gasteiger partial charge is 0.348 e. The highest BCUT2D eigenvalue weighted by Crippen LogP contribution is 2.35. The highest BCUT2D eigenvalue weighted by atomic mass is 32.2. The highest BCUT2D eigenvalue weighted by molar-refractivity contribution is 7.99. The van der Waals surface area contributed by atoms with E-state index in [0.717, 1.165) is 17.7 Å². The first-order chi connectivity index (χ1) is 9.20. The minimum atomic E-state index is -0.324. The summed E-state index contributed by atoms with van der Waals surface area (Å²) in [6.45, 7) is -0.127. The Kier molecular flexibility index (Phi) is 4.81. The Balaban J connectivity index is 1.93. The van der Waals surface area contributed by atoms with Crippen LogP contribution < -0.4 is 16.4 Å². The Morgan fingerprint density at radius 1 is 1.32 bits per heavy atom. The third-order valence-corrected chi connectivity index (χ3v) is 4.05. The summed E-state index contributed by atoms with van der Waals surface area (Å²) in [7, 11) is 0. The summed E-state index contributed by atoms with van der Waals surface area (Å²) in [4.78, 5) is 24.0. The number of carbonyl (C=O) groups is 2. The van der Waals surface area contributed by atoms with Crippen LogP contribution >= 0.6 is 11.8 Å². The molecule has 0 aliphatic carbocycles. The van der Waals surface area contributed by atoms with Gasteiger partial charge in [0, 0.05) is 10.6 Å². The zero-order chi connectivity index (χ0) is 13.7. The lowest BCUT2D eigenvalue weighted by molar-refractivity contribution is -0.125. The Morgan fingerprint density at radius 3 is 2.89 bits per heavy atom. The molecule has 0 saturated carbocycles. The molecule has 1 atom stereocenters. The van der Waals surface area contributed by atoms with Gasteiger partial charge in [-0.2, -0.15) is 0 Å². The summed E-state index contributed by atoms with van der Waals surface area (Å²) in [5.41, 5.74) is 6.31. The Labute approximate surface area is 116 Å². The Bertz CT molecular complexity index is 479. The number of nitrogens with one attached hydrogen (secondary N) is 2. The fraction of sp³-hybridized carbons (Fsp3) is 0.385. The summed E-state index contributed by atoms with van der Waals surface area (Å²) >= 11 is 1.80. The van der Waals surface area contributed by atoms with E-state index in [0.29, 0.717) is 0 Å². The standard InChI is InChI=1S/C13H17N3O2S/c14-7-12(17)15-8-13(18)16-10-5-6-19-11-4-2-1-3-9(10)11/h1-4,10H,5-8,14H2,(H,15,17)(H,16,18). The van der Waals surface area contributed by atoms with E-state index in [-0.39, 0.29) is 30.9 Å². The maximum absolute atomic E-state index is 11.8. The molecular weight excluding hydrogens is 262 g/mol. The van der Waals surface area contributed by atoms with Crippen LogP contribution in [0, 0.1) is 0 Å². The number of rotatable bonds is 4. The van der Waals surface area contributed by atoms with Crippen LogP contribution in [0.4, 0.5) is 0 Å². The lowest BCUT2D eigenvalue weighted by Gasteiger charge is -2.25. The molecule has 0 spiro atoms. The van der Waals surface area contributed by atoms with Gasteiger partial charge in [-0.3, -0.25) is 9.59 Å². The van der Waals surface area contributed by atoms with Gasteiger partial charge in [0.2, 0.25) is 11.8 Å². The topological polar surface area (TPSA) is 84.2 Å². The normalized spacial score (nSPS) is 17.4. The lowest BCUT2D eigenvalue weighted by Crippen LogP contribution is -2.41. The number of hydrogen-bond donors (Lipinski definition) is 3. The first kappa shape index (κ1) is 13.9. The zero-order valence-corrected chi connectivity index (χ0v) is 11.3. The number of hydrogen-bond acceptors (Lipinski definition) is 4. The molecule has 2 rings (SSSR count). The SMILES string of the molecule is NCC(=O)NCC(=O)NC1CCSc2ccccc21. The van der Waals surface area contributed by atoms with E-state index in [1.165, 1.54) is 4.90 Å². The molecule has 5 nitrogen and oxygen atoms in total. The van der Waals surface area contributed by atoms with Crippen LogP contribution in [0.25, 0.3) is 0 Å². The van der Waals surface area contributed by atoms with E-state index in [1.54, 1.807) is 11.8 Å². The molecule has 1 aliphatic rings. The zero-order valence-electron chi connectivity index (χ0n) is 10.5. The van der Waals surface area contributed by atoms with E-state index in [4.69, 9.17) is 5.73 Å². The lowest BCUT2D eigenvalue weighted by atomic mass is 10.0. The fourth-order valence-electron chi connectivity index (χ4n) is 1.99. The Hall–Kier alpha value is -1.53. The second-order valence-electron chi connectivity index (χ2n) is 4.28. The number of amides is 2. The van der Waals surface area contributed by atoms with Gasteiger partial charge in [0.25, 0.3) is 0 Å². The average Bonchev–Trinajstić information content (AvgIpc) is 2.45. The quantitative estimate of drug-likeness (QED) is 0.745. The van der Waals surface area contributed by atoms with Gasteiger partial charge in [-0.15, -0.1) is 11.8 Å². The van der Waals surface area contributed by atoms with Gasteiger partial charge in [-0.25, -0.2) is 0 Å². The summed E-state index contributed by atoms with van der Waals surface area (Å²) < 4.78 is 0. The van der Waals surface area contributed by atoms with Crippen molar-refractivity contribution in [1.82, 2.24) is 10.6 Å². The molecule has 1 unspecified atom stereocenters. The van der Waals surface area contributed by atoms with Crippen LogP contribution in [-0.2, 0) is 9.59 Å². The van der Waals surface area contributed by atoms with Crippen LogP contribution in [0.1, 0.15) is 18.0 Å². The van der Waals surface area contributed by atoms with Gasteiger partial charge in [0.05, 0.1) is 19.1 Å². The summed E-state index contributed by atoms with van der Waals surface area (Å²) in [5.74, 6) is 0.472. The van der Waals surface area contributed by atoms with Crippen molar-refractivity contribution in [2.45, 2.75) is 17.4 Å². The van der Waals surface area contributed by atoms with Gasteiger partial charge >= 0.3 is 0 Å². The van der Waals surface area contributed by atoms with E-state index in [1.807, 2.05) is 18.2 Å². The van der Waals surface area contributed by atoms with Crippen molar-refractivity contribution in [1.29, 1.82) is 0 Å². The third kappa shape index (κ3) is 3.71. The molecule has 19 heavy (non-hydrogen) atoms. The van der Waals surface area contributed by atoms with Gasteiger partial charge in [0.1, 0.15) is 0 Å². The molecule has 2 amide bonds. The predicted molar refractivity (Wildman–Crippen MR) is 74.7 cm³/mol. The molecule has 6 heteroatoms. The molecule has 1 heterocycles. The minimum absolute atomic E-state index is 0.0259. The van der Waals surface area contributed by atoms with E-state index >= 15 is 0 Å². The molecule has 102 valence electrons. The maximum atomic E-state index is 11.8. The van der Waals surface area contributed by atoms with Crippen LogP contribution in [0.3, 0.4) is 0 Å². The smallest absolute Gasteiger partial charge is 0.239 e. The molecule has 0 saturated heterocycles. The second kappa shape index (κ2) is 6.58. The average molecular weight is 279 g/mol. The molecule has 4 N–H and O–H groups in total. The first-order valence-electron chi connectivity index (χ1n) is 6.18. The summed E-state index contributed by atoms with van der Waals surface area (Å²) in [6, 6.07) is 8.09. The molecular formula is C13H17N3O2S. The monoisotopic (exact) mass is 279 g/mol. The van der Waals surface area contributed by atoms with Crippen molar-refractivity contribution in [3.8, 4) is 0 Å². The molecule has 0 fully saturated rings. The van der Waals surface area contributed by atoms with Crippen LogP contribution in [0.5, 0.6) is 0 Å². The van der Waals surface area contributed by atoms with E-state index < -0.39 is 0 Å². The number of thioether (sulfide) groups is 1. The Morgan fingerprint density at radius 2 is 2.11 bits per heavy atom. The van der Waals surface area contributed by atoms with E-state index in [2.05, 4.69) is 16.7 Å². The fourth-order valence-corrected chi connectivity index (χ4v) is 3.11. The van der Waals surface area contributed by atoms with Crippen LogP contribution in [0.15, 0.2) is 29.2 Å². The molecule has 0 radical (unpaired) electrons. The number of benzene rings is 1. The number of fused-ring (bicyclic) bond motifs is 1. The summed E-state index contributed by atoms with van der Waals surface area (Å²) in [5, 5.41) is 5.41. The molecule has 1 aromatic carbocycles. The highest BCUT2D eigenvalue weighted by Gasteiger charge is 2.21. The van der Waals surface area contributed by atoms with Gasteiger partial charge in [-0.05, 0) is 18.1 Å². The van der Waals surface area contributed by atoms with E-state index in [9.17, 15) is 9.59 Å². The van der Waals surface area contributed by atoms with Gasteiger partial charge in [0.15, 0.2) is 0 Å². The van der Waals surface area contributed by atoms with Crippen molar-refractivity contribution >= 4 is 23.6 Å². The second-order valence-corrected chi connectivity index (χ2v) is 5.41. The van der Waals surface area contributed by atoms with Gasteiger partial charge < -0.3 is 16.4 Å². The van der Waals surface area contributed by atoms with Gasteiger partial charge in [-0.1, -0.05) is 18.2 Å². The molecule has 1 aliphatic heterocycles. The summed E-state index contributed by atoms with van der Waals surface area (Å²) in [6.07, 6.45) is 0.901. The third-order valence-electron chi connectivity index (χ3n) is 2.93. The van der Waals surface area contributed by atoms with Crippen LogP contribution in [0.2, 0.25) is 0 Å². The molecule has 0 bridgehead atoms. The molecule has 1 aromatic rings. The van der Waals surface area contributed by atoms with Crippen molar-refractivity contribution < 1.29 is 9.59 Å². The van der Waals surface area contributed by atoms with Crippen molar-refractivity contribution in [2.75, 3.05) is 18.8 Å². The molecule has 0 aromatic heterocycles. The number of carbonyl (C=O) groups excluding carboxylic acids is 2. The van der Waals surface area contributed by atoms with Crippen molar-refractivity contribution in [3.05, 3.63) is 29.8 Å². The van der Waals surface area contributed by atoms with Crippen molar-refractivity contribution in [2.24, 2.45) is 5.73 Å². The predicted octanol–water partition coefficient (Wildman–Crippen LogP) is 0.415.